The zero-order valence-electron chi connectivity index (χ0n) is 14.0. The highest BCUT2D eigenvalue weighted by molar-refractivity contribution is 5.86. The van der Waals surface area contributed by atoms with Gasteiger partial charge in [-0.15, -0.1) is 0 Å². The molecule has 2 aromatic heterocycles. The number of anilines is 1. The molecule has 3 aromatic rings. The van der Waals surface area contributed by atoms with Gasteiger partial charge < -0.3 is 14.4 Å². The second kappa shape index (κ2) is 6.70. The lowest BCUT2D eigenvalue weighted by molar-refractivity contribution is 0.0656. The van der Waals surface area contributed by atoms with Crippen molar-refractivity contribution in [2.45, 2.75) is 25.7 Å². The first-order valence-corrected chi connectivity index (χ1v) is 8.54. The van der Waals surface area contributed by atoms with Gasteiger partial charge in [0, 0.05) is 18.7 Å². The number of aromatic carboxylic acids is 1. The Hall–Kier alpha value is -3.03. The van der Waals surface area contributed by atoms with Crippen molar-refractivity contribution in [3.8, 4) is 11.3 Å². The number of rotatable bonds is 3. The summed E-state index contributed by atoms with van der Waals surface area (Å²) in [7, 11) is 0. The van der Waals surface area contributed by atoms with Crippen LogP contribution in [0, 0.1) is 5.82 Å². The van der Waals surface area contributed by atoms with E-state index in [2.05, 4.69) is 19.9 Å². The van der Waals surface area contributed by atoms with Gasteiger partial charge in [0.25, 0.3) is 5.71 Å². The van der Waals surface area contributed by atoms with Crippen LogP contribution in [0.5, 0.6) is 0 Å². The Morgan fingerprint density at radius 1 is 1.04 bits per heavy atom. The van der Waals surface area contributed by atoms with E-state index in [1.165, 1.54) is 12.1 Å². The van der Waals surface area contributed by atoms with Crippen molar-refractivity contribution in [1.29, 1.82) is 0 Å². The van der Waals surface area contributed by atoms with Crippen LogP contribution in [0.3, 0.4) is 0 Å². The van der Waals surface area contributed by atoms with Crippen LogP contribution in [0.15, 0.2) is 28.7 Å². The number of oxazole rings is 1. The number of aromatic nitrogens is 3. The van der Waals surface area contributed by atoms with Crippen molar-refractivity contribution in [3.05, 3.63) is 36.0 Å². The molecule has 7 nitrogen and oxygen atoms in total. The first kappa shape index (κ1) is 16.4. The van der Waals surface area contributed by atoms with Crippen molar-refractivity contribution in [3.63, 3.8) is 0 Å². The molecule has 1 aliphatic heterocycles. The minimum atomic E-state index is -1.27. The average molecular weight is 356 g/mol. The number of hydrogen-bond acceptors (Lipinski definition) is 6. The van der Waals surface area contributed by atoms with E-state index in [1.54, 1.807) is 12.1 Å². The zero-order chi connectivity index (χ0) is 18.1. The zero-order valence-corrected chi connectivity index (χ0v) is 14.0. The van der Waals surface area contributed by atoms with Crippen LogP contribution in [0.1, 0.15) is 36.4 Å². The van der Waals surface area contributed by atoms with Gasteiger partial charge in [0.2, 0.25) is 5.65 Å². The molecule has 1 fully saturated rings. The van der Waals surface area contributed by atoms with E-state index in [0.29, 0.717) is 17.1 Å². The predicted molar refractivity (Wildman–Crippen MR) is 92.6 cm³/mol. The molecular weight excluding hydrogens is 339 g/mol. The summed E-state index contributed by atoms with van der Waals surface area (Å²) < 4.78 is 18.5. The monoisotopic (exact) mass is 356 g/mol. The molecule has 3 heterocycles. The fraction of sp³-hybridized carbons (Fsp3) is 0.333. The molecule has 1 N–H and O–H groups in total. The molecule has 26 heavy (non-hydrogen) atoms. The molecule has 134 valence electrons. The van der Waals surface area contributed by atoms with Gasteiger partial charge >= 0.3 is 11.9 Å². The Morgan fingerprint density at radius 2 is 1.73 bits per heavy atom. The smallest absolute Gasteiger partial charge is 0.392 e. The van der Waals surface area contributed by atoms with Crippen LogP contribution in [0.2, 0.25) is 0 Å². The van der Waals surface area contributed by atoms with Crippen LogP contribution in [0.4, 0.5) is 10.2 Å². The highest BCUT2D eigenvalue weighted by atomic mass is 19.1. The fourth-order valence-corrected chi connectivity index (χ4v) is 3.15. The highest BCUT2D eigenvalue weighted by Gasteiger charge is 2.22. The van der Waals surface area contributed by atoms with Crippen molar-refractivity contribution < 1.29 is 18.7 Å². The Kier molecular flexibility index (Phi) is 4.24. The summed E-state index contributed by atoms with van der Waals surface area (Å²) in [6, 6.07) is 5.98. The summed E-state index contributed by atoms with van der Waals surface area (Å²) in [4.78, 5) is 26.2. The van der Waals surface area contributed by atoms with Gasteiger partial charge in [0.1, 0.15) is 11.5 Å². The predicted octanol–water partition coefficient (Wildman–Crippen LogP) is 3.50. The minimum Gasteiger partial charge on any atom is -0.474 e. The van der Waals surface area contributed by atoms with Crippen molar-refractivity contribution in [1.82, 2.24) is 15.0 Å². The maximum absolute atomic E-state index is 13.3. The third-order valence-corrected chi connectivity index (χ3v) is 4.44. The van der Waals surface area contributed by atoms with Gasteiger partial charge in [-0.3, -0.25) is 0 Å². The number of hydrogen-bond donors (Lipinski definition) is 1. The molecule has 1 aromatic carbocycles. The van der Waals surface area contributed by atoms with Crippen molar-refractivity contribution in [2.75, 3.05) is 18.0 Å². The van der Waals surface area contributed by atoms with Gasteiger partial charge in [0.05, 0.1) is 0 Å². The maximum Gasteiger partial charge on any atom is 0.392 e. The first-order chi connectivity index (χ1) is 12.6. The SMILES string of the molecule is O=C(O)c1nc2nc(-c3ccc(F)cc3)c(N3CCCCCC3)nc2o1. The number of carbonyl (C=O) groups is 1. The molecule has 8 heteroatoms. The Labute approximate surface area is 148 Å². The molecular formula is C18H17FN4O3. The molecule has 4 rings (SSSR count). The first-order valence-electron chi connectivity index (χ1n) is 8.54. The van der Waals surface area contributed by atoms with Crippen molar-refractivity contribution >= 4 is 23.1 Å². The lowest BCUT2D eigenvalue weighted by atomic mass is 10.1. The molecule has 0 unspecified atom stereocenters. The third-order valence-electron chi connectivity index (χ3n) is 4.44. The second-order valence-corrected chi connectivity index (χ2v) is 6.26. The summed E-state index contributed by atoms with van der Waals surface area (Å²) in [5.74, 6) is -1.45. The van der Waals surface area contributed by atoms with Gasteiger partial charge in [0.15, 0.2) is 5.82 Å². The molecule has 1 saturated heterocycles. The third kappa shape index (κ3) is 3.10. The van der Waals surface area contributed by atoms with Crippen molar-refractivity contribution in [2.24, 2.45) is 0 Å². The van der Waals surface area contributed by atoms with E-state index in [1.807, 2.05) is 0 Å². The molecule has 0 atom stereocenters. The van der Waals surface area contributed by atoms with Gasteiger partial charge in [-0.2, -0.15) is 9.97 Å². The number of nitrogens with zero attached hydrogens (tertiary/aromatic N) is 4. The van der Waals surface area contributed by atoms with E-state index in [0.717, 1.165) is 38.8 Å². The van der Waals surface area contributed by atoms with Gasteiger partial charge in [-0.25, -0.2) is 14.2 Å². The number of fused-ring (bicyclic) bond motifs is 1. The van der Waals surface area contributed by atoms with E-state index in [-0.39, 0.29) is 17.2 Å². The molecule has 0 saturated carbocycles. The molecule has 0 radical (unpaired) electrons. The van der Waals surface area contributed by atoms with Gasteiger partial charge in [-0.1, -0.05) is 12.8 Å². The molecule has 0 bridgehead atoms. The quantitative estimate of drug-likeness (QED) is 0.768. The van der Waals surface area contributed by atoms with Crippen LogP contribution in [-0.4, -0.2) is 39.1 Å². The summed E-state index contributed by atoms with van der Waals surface area (Å²) in [6.07, 6.45) is 4.39. The van der Waals surface area contributed by atoms with Crippen LogP contribution in [-0.2, 0) is 0 Å². The highest BCUT2D eigenvalue weighted by Crippen LogP contribution is 2.31. The lowest BCUT2D eigenvalue weighted by Crippen LogP contribution is -2.26. The Balaban J connectivity index is 1.88. The van der Waals surface area contributed by atoms with Crippen LogP contribution >= 0.6 is 0 Å². The number of halogens is 1. The average Bonchev–Trinajstić information content (AvgIpc) is 2.87. The number of carboxylic acid groups (broad SMARTS) is 1. The largest absolute Gasteiger partial charge is 0.474 e. The van der Waals surface area contributed by atoms with E-state index < -0.39 is 11.9 Å². The van der Waals surface area contributed by atoms with Crippen LogP contribution < -0.4 is 4.90 Å². The molecule has 1 aliphatic rings. The van der Waals surface area contributed by atoms with E-state index in [4.69, 9.17) is 9.52 Å². The molecule has 0 amide bonds. The summed E-state index contributed by atoms with van der Waals surface area (Å²) in [5.41, 5.74) is 1.46. The Morgan fingerprint density at radius 3 is 2.38 bits per heavy atom. The summed E-state index contributed by atoms with van der Waals surface area (Å²) in [6.45, 7) is 1.66. The molecule has 0 spiro atoms. The minimum absolute atomic E-state index is 0.0903. The number of carboxylic acids is 1. The van der Waals surface area contributed by atoms with Crippen LogP contribution in [0.25, 0.3) is 22.6 Å². The molecule has 0 aliphatic carbocycles. The summed E-state index contributed by atoms with van der Waals surface area (Å²) in [5, 5.41) is 9.09. The second-order valence-electron chi connectivity index (χ2n) is 6.26. The van der Waals surface area contributed by atoms with E-state index >= 15 is 0 Å². The Bertz CT molecular complexity index is 947. The summed E-state index contributed by atoms with van der Waals surface area (Å²) >= 11 is 0. The maximum atomic E-state index is 13.3. The number of benzene rings is 1. The topological polar surface area (TPSA) is 92.3 Å². The fourth-order valence-electron chi connectivity index (χ4n) is 3.15. The normalized spacial score (nSPS) is 15.2. The van der Waals surface area contributed by atoms with E-state index in [9.17, 15) is 9.18 Å². The lowest BCUT2D eigenvalue weighted by Gasteiger charge is -2.23. The standard InChI is InChI=1S/C18H17FN4O3/c19-12-7-5-11(6-8-12)13-15(23-9-3-1-2-4-10-23)22-16-14(20-13)21-17(26-16)18(24)25/h5-8H,1-4,9-10H2,(H,24,25). The van der Waals surface area contributed by atoms with Gasteiger partial charge in [-0.05, 0) is 37.1 Å².